The zero-order valence-electron chi connectivity index (χ0n) is 14.2. The highest BCUT2D eigenvalue weighted by molar-refractivity contribution is 5.22. The van der Waals surface area contributed by atoms with Gasteiger partial charge in [0.1, 0.15) is 18.2 Å². The number of aromatic nitrogens is 2. The Morgan fingerprint density at radius 3 is 2.96 bits per heavy atom. The molecule has 3 rings (SSSR count). The molecule has 2 heterocycles. The van der Waals surface area contributed by atoms with Crippen molar-refractivity contribution in [2.75, 3.05) is 32.8 Å². The van der Waals surface area contributed by atoms with Crippen LogP contribution >= 0.6 is 0 Å². The van der Waals surface area contributed by atoms with E-state index in [-0.39, 0.29) is 11.9 Å². The smallest absolute Gasteiger partial charge is 0.126 e. The summed E-state index contributed by atoms with van der Waals surface area (Å²) in [5.41, 5.74) is 2.19. The van der Waals surface area contributed by atoms with E-state index < -0.39 is 0 Å². The Morgan fingerprint density at radius 2 is 2.21 bits per heavy atom. The first-order valence-electron chi connectivity index (χ1n) is 8.33. The molecule has 130 valence electrons. The number of ether oxygens (including phenoxy) is 2. The summed E-state index contributed by atoms with van der Waals surface area (Å²) in [5, 5.41) is 4.50. The Kier molecular flexibility index (Phi) is 5.48. The quantitative estimate of drug-likeness (QED) is 0.814. The topological polar surface area (TPSA) is 39.5 Å². The number of aryl methyl sites for hydroxylation is 2. The van der Waals surface area contributed by atoms with Gasteiger partial charge < -0.3 is 9.47 Å². The van der Waals surface area contributed by atoms with Gasteiger partial charge in [0.25, 0.3) is 0 Å². The lowest BCUT2D eigenvalue weighted by molar-refractivity contribution is -0.0403. The van der Waals surface area contributed by atoms with Gasteiger partial charge in [0.15, 0.2) is 0 Å². The van der Waals surface area contributed by atoms with Crippen LogP contribution in [0.25, 0.3) is 0 Å². The largest absolute Gasteiger partial charge is 0.492 e. The molecule has 1 atom stereocenters. The maximum atomic E-state index is 13.1. The molecule has 0 amide bonds. The van der Waals surface area contributed by atoms with E-state index in [9.17, 15) is 4.39 Å². The molecule has 0 radical (unpaired) electrons. The van der Waals surface area contributed by atoms with Crippen molar-refractivity contribution in [1.82, 2.24) is 14.7 Å². The van der Waals surface area contributed by atoms with E-state index in [1.54, 1.807) is 12.1 Å². The van der Waals surface area contributed by atoms with Gasteiger partial charge in [0.05, 0.1) is 24.9 Å². The summed E-state index contributed by atoms with van der Waals surface area (Å²) < 4.78 is 26.6. The van der Waals surface area contributed by atoms with Crippen molar-refractivity contribution in [3.05, 3.63) is 47.5 Å². The second-order valence-electron chi connectivity index (χ2n) is 6.21. The Morgan fingerprint density at radius 1 is 1.33 bits per heavy atom. The average Bonchev–Trinajstić information content (AvgIpc) is 2.85. The average molecular weight is 333 g/mol. The lowest BCUT2D eigenvalue weighted by atomic mass is 10.2. The molecule has 0 bridgehead atoms. The van der Waals surface area contributed by atoms with Gasteiger partial charge in [-0.3, -0.25) is 9.58 Å². The van der Waals surface area contributed by atoms with E-state index in [1.165, 1.54) is 12.1 Å². The molecule has 1 saturated heterocycles. The van der Waals surface area contributed by atoms with Gasteiger partial charge >= 0.3 is 0 Å². The van der Waals surface area contributed by atoms with Crippen LogP contribution in [0.5, 0.6) is 5.75 Å². The Hall–Kier alpha value is -1.92. The third kappa shape index (κ3) is 4.55. The first kappa shape index (κ1) is 16.9. The molecule has 1 unspecified atom stereocenters. The van der Waals surface area contributed by atoms with Crippen LogP contribution in [-0.4, -0.2) is 53.6 Å². The van der Waals surface area contributed by atoms with Crippen LogP contribution < -0.4 is 4.74 Å². The summed E-state index contributed by atoms with van der Waals surface area (Å²) in [7, 11) is 0. The number of hydrogen-bond donors (Lipinski definition) is 0. The molecule has 1 aliphatic rings. The monoisotopic (exact) mass is 333 g/mol. The van der Waals surface area contributed by atoms with Gasteiger partial charge in [0.2, 0.25) is 0 Å². The Balaban J connectivity index is 1.46. The van der Waals surface area contributed by atoms with Crippen molar-refractivity contribution in [1.29, 1.82) is 0 Å². The molecular formula is C18H24FN3O2. The number of rotatable bonds is 6. The standard InChI is InChI=1S/C18H24FN3O2/c1-14-10-15(2)22(20-14)13-18-12-21(7-9-24-18)6-8-23-17-5-3-4-16(19)11-17/h3-5,10-11,18H,6-9,12-13H2,1-2H3. The molecule has 1 fully saturated rings. The number of benzene rings is 1. The molecule has 24 heavy (non-hydrogen) atoms. The minimum Gasteiger partial charge on any atom is -0.492 e. The third-order valence-corrected chi connectivity index (χ3v) is 4.18. The molecule has 2 aromatic rings. The fraction of sp³-hybridized carbons (Fsp3) is 0.500. The fourth-order valence-electron chi connectivity index (χ4n) is 3.00. The van der Waals surface area contributed by atoms with Crippen molar-refractivity contribution in [2.24, 2.45) is 0 Å². The van der Waals surface area contributed by atoms with Crippen LogP contribution in [0.2, 0.25) is 0 Å². The van der Waals surface area contributed by atoms with E-state index in [4.69, 9.17) is 9.47 Å². The highest BCUT2D eigenvalue weighted by Crippen LogP contribution is 2.13. The number of morpholine rings is 1. The highest BCUT2D eigenvalue weighted by atomic mass is 19.1. The first-order chi connectivity index (χ1) is 11.6. The minimum atomic E-state index is -0.274. The fourth-order valence-corrected chi connectivity index (χ4v) is 3.00. The van der Waals surface area contributed by atoms with Gasteiger partial charge in [-0.2, -0.15) is 5.10 Å². The molecule has 6 heteroatoms. The molecule has 0 aliphatic carbocycles. The van der Waals surface area contributed by atoms with E-state index in [2.05, 4.69) is 23.0 Å². The SMILES string of the molecule is Cc1cc(C)n(CC2CN(CCOc3cccc(F)c3)CCO2)n1. The molecule has 1 aromatic carbocycles. The van der Waals surface area contributed by atoms with Crippen LogP contribution in [0, 0.1) is 19.7 Å². The second kappa shape index (κ2) is 7.77. The summed E-state index contributed by atoms with van der Waals surface area (Å²) in [6, 6.07) is 8.33. The van der Waals surface area contributed by atoms with Gasteiger partial charge in [-0.1, -0.05) is 6.07 Å². The summed E-state index contributed by atoms with van der Waals surface area (Å²) in [6.07, 6.45) is 0.130. The van der Waals surface area contributed by atoms with Gasteiger partial charge in [0, 0.05) is 31.4 Å². The minimum absolute atomic E-state index is 0.130. The predicted octanol–water partition coefficient (Wildman–Crippen LogP) is 2.42. The number of nitrogens with zero attached hydrogens (tertiary/aromatic N) is 3. The van der Waals surface area contributed by atoms with E-state index in [0.717, 1.165) is 37.6 Å². The lowest BCUT2D eigenvalue weighted by Crippen LogP contribution is -2.45. The maximum absolute atomic E-state index is 13.1. The molecule has 0 spiro atoms. The van der Waals surface area contributed by atoms with E-state index in [1.807, 2.05) is 11.6 Å². The number of hydrogen-bond acceptors (Lipinski definition) is 4. The maximum Gasteiger partial charge on any atom is 0.126 e. The summed E-state index contributed by atoms with van der Waals surface area (Å²) in [5.74, 6) is 0.297. The van der Waals surface area contributed by atoms with Crippen LogP contribution in [0.4, 0.5) is 4.39 Å². The molecule has 1 aromatic heterocycles. The Bertz CT molecular complexity index is 674. The highest BCUT2D eigenvalue weighted by Gasteiger charge is 2.21. The van der Waals surface area contributed by atoms with Crippen LogP contribution in [0.1, 0.15) is 11.4 Å². The molecule has 0 N–H and O–H groups in total. The van der Waals surface area contributed by atoms with E-state index >= 15 is 0 Å². The number of halogens is 1. The predicted molar refractivity (Wildman–Crippen MR) is 89.8 cm³/mol. The second-order valence-corrected chi connectivity index (χ2v) is 6.21. The third-order valence-electron chi connectivity index (χ3n) is 4.18. The van der Waals surface area contributed by atoms with Crippen LogP contribution in [0.3, 0.4) is 0 Å². The molecule has 0 saturated carbocycles. The van der Waals surface area contributed by atoms with Crippen molar-refractivity contribution in [3.63, 3.8) is 0 Å². The van der Waals surface area contributed by atoms with Gasteiger partial charge in [-0.15, -0.1) is 0 Å². The van der Waals surface area contributed by atoms with Crippen LogP contribution in [-0.2, 0) is 11.3 Å². The first-order valence-corrected chi connectivity index (χ1v) is 8.33. The van der Waals surface area contributed by atoms with Crippen molar-refractivity contribution in [2.45, 2.75) is 26.5 Å². The van der Waals surface area contributed by atoms with Crippen molar-refractivity contribution < 1.29 is 13.9 Å². The zero-order valence-corrected chi connectivity index (χ0v) is 14.2. The summed E-state index contributed by atoms with van der Waals surface area (Å²) in [6.45, 7) is 8.62. The van der Waals surface area contributed by atoms with Gasteiger partial charge in [-0.25, -0.2) is 4.39 Å². The molecular weight excluding hydrogens is 309 g/mol. The van der Waals surface area contributed by atoms with Gasteiger partial charge in [-0.05, 0) is 32.0 Å². The molecule has 1 aliphatic heterocycles. The van der Waals surface area contributed by atoms with Crippen molar-refractivity contribution in [3.8, 4) is 5.75 Å². The lowest BCUT2D eigenvalue weighted by Gasteiger charge is -2.32. The molecule has 5 nitrogen and oxygen atoms in total. The van der Waals surface area contributed by atoms with Crippen molar-refractivity contribution >= 4 is 0 Å². The summed E-state index contributed by atoms with van der Waals surface area (Å²) >= 11 is 0. The van der Waals surface area contributed by atoms with E-state index in [0.29, 0.717) is 19.0 Å². The van der Waals surface area contributed by atoms with Crippen LogP contribution in [0.15, 0.2) is 30.3 Å². The summed E-state index contributed by atoms with van der Waals surface area (Å²) in [4.78, 5) is 2.32. The normalized spacial score (nSPS) is 18.7. The Labute approximate surface area is 142 Å². The zero-order chi connectivity index (χ0) is 16.9.